The van der Waals surface area contributed by atoms with Crippen molar-refractivity contribution >= 4 is 29.0 Å². The minimum absolute atomic E-state index is 0.344. The summed E-state index contributed by atoms with van der Waals surface area (Å²) in [5, 5.41) is 10.3. The van der Waals surface area contributed by atoms with Crippen molar-refractivity contribution in [3.63, 3.8) is 0 Å². The maximum absolute atomic E-state index is 12.0. The molecular formula is C18H17ClN4O2. The summed E-state index contributed by atoms with van der Waals surface area (Å²) in [5.41, 5.74) is 2.32. The van der Waals surface area contributed by atoms with Crippen molar-refractivity contribution in [3.8, 4) is 5.75 Å². The van der Waals surface area contributed by atoms with Crippen LogP contribution in [0.1, 0.15) is 5.56 Å². The van der Waals surface area contributed by atoms with Crippen molar-refractivity contribution in [2.24, 2.45) is 0 Å². The number of nitrogens with zero attached hydrogens (tertiary/aromatic N) is 2. The molecule has 1 heterocycles. The Balaban J connectivity index is 1.59. The fourth-order valence-electron chi connectivity index (χ4n) is 2.30. The van der Waals surface area contributed by atoms with Crippen LogP contribution in [0.3, 0.4) is 0 Å². The molecule has 1 aromatic heterocycles. The van der Waals surface area contributed by atoms with Gasteiger partial charge in [-0.05, 0) is 42.0 Å². The fraction of sp³-hybridized carbons (Fsp3) is 0.111. The Morgan fingerprint density at radius 2 is 1.92 bits per heavy atom. The molecule has 0 aliphatic carbocycles. The average Bonchev–Trinajstić information content (AvgIpc) is 3.04. The molecule has 6 nitrogen and oxygen atoms in total. The van der Waals surface area contributed by atoms with Crippen LogP contribution in [0.2, 0.25) is 5.02 Å². The van der Waals surface area contributed by atoms with Crippen LogP contribution < -0.4 is 15.4 Å². The first-order chi connectivity index (χ1) is 12.1. The molecule has 2 N–H and O–H groups in total. The Morgan fingerprint density at radius 1 is 1.16 bits per heavy atom. The Kier molecular flexibility index (Phi) is 5.20. The molecule has 0 aliphatic rings. The summed E-state index contributed by atoms with van der Waals surface area (Å²) in [5.74, 6) is 0.797. The zero-order valence-electron chi connectivity index (χ0n) is 13.6. The number of benzene rings is 2. The highest BCUT2D eigenvalue weighted by Crippen LogP contribution is 2.16. The third-order valence-corrected chi connectivity index (χ3v) is 3.72. The van der Waals surface area contributed by atoms with Gasteiger partial charge in [0, 0.05) is 16.9 Å². The van der Waals surface area contributed by atoms with E-state index in [4.69, 9.17) is 16.3 Å². The summed E-state index contributed by atoms with van der Waals surface area (Å²) < 4.78 is 6.95. The molecule has 0 saturated heterocycles. The van der Waals surface area contributed by atoms with E-state index in [1.165, 1.54) is 0 Å². The monoisotopic (exact) mass is 356 g/mol. The molecule has 3 aromatic rings. The van der Waals surface area contributed by atoms with Crippen molar-refractivity contribution in [3.05, 3.63) is 71.5 Å². The first kappa shape index (κ1) is 16.9. The predicted molar refractivity (Wildman–Crippen MR) is 98.4 cm³/mol. The second kappa shape index (κ2) is 7.72. The van der Waals surface area contributed by atoms with Crippen molar-refractivity contribution in [1.29, 1.82) is 0 Å². The highest BCUT2D eigenvalue weighted by atomic mass is 35.5. The van der Waals surface area contributed by atoms with Gasteiger partial charge < -0.3 is 15.4 Å². The predicted octanol–water partition coefficient (Wildman–Crippen LogP) is 4.24. The van der Waals surface area contributed by atoms with Gasteiger partial charge in [0.2, 0.25) is 0 Å². The molecule has 2 aromatic carbocycles. The Morgan fingerprint density at radius 3 is 2.68 bits per heavy atom. The van der Waals surface area contributed by atoms with Gasteiger partial charge in [0.1, 0.15) is 5.75 Å². The maximum atomic E-state index is 12.0. The highest BCUT2D eigenvalue weighted by molar-refractivity contribution is 6.30. The Labute approximate surface area is 150 Å². The van der Waals surface area contributed by atoms with Crippen LogP contribution in [-0.4, -0.2) is 22.9 Å². The fourth-order valence-corrected chi connectivity index (χ4v) is 2.43. The van der Waals surface area contributed by atoms with E-state index in [0.29, 0.717) is 22.9 Å². The van der Waals surface area contributed by atoms with Crippen LogP contribution >= 0.6 is 11.6 Å². The third-order valence-electron chi connectivity index (χ3n) is 3.47. The SMILES string of the molecule is COc1cccc(Cn2cc(NC(=O)Nc3ccc(Cl)cc3)cn2)c1. The summed E-state index contributed by atoms with van der Waals surface area (Å²) in [6, 6.07) is 14.3. The number of carbonyl (C=O) groups is 1. The van der Waals surface area contributed by atoms with Crippen LogP contribution in [0.25, 0.3) is 0 Å². The number of ether oxygens (including phenoxy) is 1. The largest absolute Gasteiger partial charge is 0.497 e. The number of halogens is 1. The number of amides is 2. The summed E-state index contributed by atoms with van der Waals surface area (Å²) >= 11 is 5.82. The van der Waals surface area contributed by atoms with E-state index in [1.54, 1.807) is 48.5 Å². The quantitative estimate of drug-likeness (QED) is 0.718. The van der Waals surface area contributed by atoms with E-state index in [0.717, 1.165) is 11.3 Å². The van der Waals surface area contributed by atoms with Gasteiger partial charge in [-0.15, -0.1) is 0 Å². The molecule has 0 saturated carbocycles. The summed E-state index contributed by atoms with van der Waals surface area (Å²) in [6.07, 6.45) is 3.36. The number of methoxy groups -OCH3 is 1. The van der Waals surface area contributed by atoms with Gasteiger partial charge in [-0.1, -0.05) is 23.7 Å². The van der Waals surface area contributed by atoms with Gasteiger partial charge in [0.05, 0.1) is 25.5 Å². The second-order valence-electron chi connectivity index (χ2n) is 5.36. The van der Waals surface area contributed by atoms with Crippen molar-refractivity contribution in [2.75, 3.05) is 17.7 Å². The minimum Gasteiger partial charge on any atom is -0.497 e. The van der Waals surface area contributed by atoms with Crippen molar-refractivity contribution in [1.82, 2.24) is 9.78 Å². The second-order valence-corrected chi connectivity index (χ2v) is 5.80. The molecule has 3 rings (SSSR count). The van der Waals surface area contributed by atoms with E-state index in [9.17, 15) is 4.79 Å². The molecule has 7 heteroatoms. The number of rotatable bonds is 5. The lowest BCUT2D eigenvalue weighted by atomic mass is 10.2. The number of hydrogen-bond donors (Lipinski definition) is 2. The highest BCUT2D eigenvalue weighted by Gasteiger charge is 2.06. The smallest absolute Gasteiger partial charge is 0.323 e. The van der Waals surface area contributed by atoms with Crippen LogP contribution in [0, 0.1) is 0 Å². The molecule has 0 bridgehead atoms. The normalized spacial score (nSPS) is 10.3. The number of carbonyl (C=O) groups excluding carboxylic acids is 1. The van der Waals surface area contributed by atoms with E-state index < -0.39 is 0 Å². The molecule has 0 unspecified atom stereocenters. The van der Waals surface area contributed by atoms with E-state index in [-0.39, 0.29) is 6.03 Å². The van der Waals surface area contributed by atoms with Crippen molar-refractivity contribution < 1.29 is 9.53 Å². The Hall–Kier alpha value is -2.99. The first-order valence-corrected chi connectivity index (χ1v) is 7.99. The van der Waals surface area contributed by atoms with Gasteiger partial charge >= 0.3 is 6.03 Å². The lowest BCUT2D eigenvalue weighted by Crippen LogP contribution is -2.19. The summed E-state index contributed by atoms with van der Waals surface area (Å²) in [7, 11) is 1.63. The number of anilines is 2. The van der Waals surface area contributed by atoms with Gasteiger partial charge in [0.15, 0.2) is 0 Å². The van der Waals surface area contributed by atoms with Crippen LogP contribution in [0.15, 0.2) is 60.9 Å². The standard InChI is InChI=1S/C18H17ClN4O2/c1-25-17-4-2-3-13(9-17)11-23-12-16(10-20-23)22-18(24)21-15-7-5-14(19)6-8-15/h2-10,12H,11H2,1H3,(H2,21,22,24). The third kappa shape index (κ3) is 4.74. The minimum atomic E-state index is -0.344. The van der Waals surface area contributed by atoms with Gasteiger partial charge in [-0.25, -0.2) is 4.79 Å². The maximum Gasteiger partial charge on any atom is 0.323 e. The number of urea groups is 1. The molecule has 128 valence electrons. The van der Waals surface area contributed by atoms with Crippen LogP contribution in [0.4, 0.5) is 16.2 Å². The average molecular weight is 357 g/mol. The molecule has 25 heavy (non-hydrogen) atoms. The lowest BCUT2D eigenvalue weighted by Gasteiger charge is -2.06. The van der Waals surface area contributed by atoms with Crippen LogP contribution in [0.5, 0.6) is 5.75 Å². The molecule has 0 radical (unpaired) electrons. The van der Waals surface area contributed by atoms with E-state index in [1.807, 2.05) is 24.3 Å². The molecular weight excluding hydrogens is 340 g/mol. The van der Waals surface area contributed by atoms with Gasteiger partial charge in [0.25, 0.3) is 0 Å². The lowest BCUT2D eigenvalue weighted by molar-refractivity contribution is 0.262. The van der Waals surface area contributed by atoms with Gasteiger partial charge in [-0.2, -0.15) is 5.10 Å². The summed E-state index contributed by atoms with van der Waals surface area (Å²) in [4.78, 5) is 12.0. The number of aromatic nitrogens is 2. The summed E-state index contributed by atoms with van der Waals surface area (Å²) in [6.45, 7) is 0.581. The molecule has 2 amide bonds. The van der Waals surface area contributed by atoms with Crippen LogP contribution in [-0.2, 0) is 6.54 Å². The van der Waals surface area contributed by atoms with Gasteiger partial charge in [-0.3, -0.25) is 4.68 Å². The zero-order valence-corrected chi connectivity index (χ0v) is 14.3. The number of nitrogens with one attached hydrogen (secondary N) is 2. The topological polar surface area (TPSA) is 68.2 Å². The first-order valence-electron chi connectivity index (χ1n) is 7.61. The zero-order chi connectivity index (χ0) is 17.6. The molecule has 0 aliphatic heterocycles. The number of hydrogen-bond acceptors (Lipinski definition) is 3. The van der Waals surface area contributed by atoms with E-state index in [2.05, 4.69) is 15.7 Å². The molecule has 0 fully saturated rings. The van der Waals surface area contributed by atoms with E-state index >= 15 is 0 Å². The molecule has 0 atom stereocenters. The van der Waals surface area contributed by atoms with Crippen molar-refractivity contribution in [2.45, 2.75) is 6.54 Å². The Bertz CT molecular complexity index is 862. The molecule has 0 spiro atoms.